The number of benzene rings is 1. The first-order valence-electron chi connectivity index (χ1n) is 7.28. The summed E-state index contributed by atoms with van der Waals surface area (Å²) in [6.07, 6.45) is 0. The van der Waals surface area contributed by atoms with Crippen LogP contribution in [-0.4, -0.2) is 48.7 Å². The Morgan fingerprint density at radius 3 is 2.26 bits per heavy atom. The van der Waals surface area contributed by atoms with E-state index in [4.69, 9.17) is 0 Å². The van der Waals surface area contributed by atoms with Crippen molar-refractivity contribution in [1.82, 2.24) is 10.2 Å². The van der Waals surface area contributed by atoms with Crippen LogP contribution in [0.2, 0.25) is 0 Å². The number of amides is 2. The second kappa shape index (κ2) is 10.2. The van der Waals surface area contributed by atoms with Crippen LogP contribution in [0.5, 0.6) is 0 Å². The lowest BCUT2D eigenvalue weighted by Crippen LogP contribution is -2.40. The van der Waals surface area contributed by atoms with E-state index in [1.165, 1.54) is 12.1 Å². The number of hydrogen-bond donors (Lipinski definition) is 2. The van der Waals surface area contributed by atoms with E-state index >= 15 is 0 Å². The molecule has 0 spiro atoms. The van der Waals surface area contributed by atoms with Crippen molar-refractivity contribution in [3.05, 3.63) is 24.3 Å². The number of alkyl halides is 2. The average molecular weight is 345 g/mol. The Morgan fingerprint density at radius 1 is 1.13 bits per heavy atom. The van der Waals surface area contributed by atoms with Crippen LogP contribution in [0.15, 0.2) is 29.2 Å². The van der Waals surface area contributed by atoms with Gasteiger partial charge in [-0.05, 0) is 37.7 Å². The summed E-state index contributed by atoms with van der Waals surface area (Å²) in [5.74, 6) is -2.86. The maximum Gasteiger partial charge on any atom is 0.288 e. The predicted octanol–water partition coefficient (Wildman–Crippen LogP) is 2.40. The Kier molecular flexibility index (Phi) is 8.57. The summed E-state index contributed by atoms with van der Waals surface area (Å²) in [5.41, 5.74) is 0.530. The van der Waals surface area contributed by atoms with Gasteiger partial charge in [0.2, 0.25) is 11.8 Å². The van der Waals surface area contributed by atoms with Gasteiger partial charge in [-0.15, -0.1) is 0 Å². The third-order valence-electron chi connectivity index (χ3n) is 2.92. The van der Waals surface area contributed by atoms with Crippen molar-refractivity contribution in [1.29, 1.82) is 0 Å². The zero-order valence-electron chi connectivity index (χ0n) is 13.1. The number of carbonyl (C=O) groups is 2. The maximum absolute atomic E-state index is 12.2. The second-order valence-corrected chi connectivity index (χ2v) is 5.77. The molecule has 0 aromatic heterocycles. The Bertz CT molecular complexity index is 512. The van der Waals surface area contributed by atoms with Crippen LogP contribution in [0, 0.1) is 0 Å². The van der Waals surface area contributed by atoms with Crippen LogP contribution in [0.4, 0.5) is 14.5 Å². The van der Waals surface area contributed by atoms with Crippen molar-refractivity contribution in [3.63, 3.8) is 0 Å². The van der Waals surface area contributed by atoms with Gasteiger partial charge < -0.3 is 10.6 Å². The molecule has 128 valence electrons. The van der Waals surface area contributed by atoms with Crippen molar-refractivity contribution in [2.24, 2.45) is 0 Å². The molecule has 0 fully saturated rings. The highest BCUT2D eigenvalue weighted by Crippen LogP contribution is 2.26. The first kappa shape index (κ1) is 19.4. The van der Waals surface area contributed by atoms with E-state index in [1.54, 1.807) is 17.0 Å². The van der Waals surface area contributed by atoms with Crippen LogP contribution >= 0.6 is 11.8 Å². The van der Waals surface area contributed by atoms with Gasteiger partial charge in [-0.3, -0.25) is 14.5 Å². The lowest BCUT2D eigenvalue weighted by Gasteiger charge is -2.19. The van der Waals surface area contributed by atoms with Crippen LogP contribution < -0.4 is 10.6 Å². The lowest BCUT2D eigenvalue weighted by molar-refractivity contribution is -0.123. The summed E-state index contributed by atoms with van der Waals surface area (Å²) < 4.78 is 24.5. The number of thioether (sulfide) groups is 1. The van der Waals surface area contributed by atoms with Gasteiger partial charge in [0, 0.05) is 17.1 Å². The minimum atomic E-state index is -2.47. The zero-order chi connectivity index (χ0) is 17.2. The third-order valence-corrected chi connectivity index (χ3v) is 3.64. The van der Waals surface area contributed by atoms with Crippen molar-refractivity contribution in [2.45, 2.75) is 24.5 Å². The van der Waals surface area contributed by atoms with Crippen molar-refractivity contribution in [3.8, 4) is 0 Å². The summed E-state index contributed by atoms with van der Waals surface area (Å²) in [7, 11) is 0. The number of nitrogens with zero attached hydrogens (tertiary/aromatic N) is 1. The lowest BCUT2D eigenvalue weighted by atomic mass is 10.3. The number of hydrogen-bond acceptors (Lipinski definition) is 4. The molecule has 23 heavy (non-hydrogen) atoms. The molecule has 0 unspecified atom stereocenters. The fraction of sp³-hybridized carbons (Fsp3) is 0.467. The maximum atomic E-state index is 12.2. The van der Waals surface area contributed by atoms with Crippen LogP contribution in [0.25, 0.3) is 0 Å². The molecular formula is C15H21F2N3O2S. The summed E-state index contributed by atoms with van der Waals surface area (Å²) in [5, 5.41) is 5.36. The Labute approximate surface area is 138 Å². The molecule has 0 aliphatic heterocycles. The van der Waals surface area contributed by atoms with Crippen molar-refractivity contribution in [2.75, 3.05) is 31.5 Å². The van der Waals surface area contributed by atoms with Gasteiger partial charge in [0.25, 0.3) is 5.76 Å². The number of carbonyl (C=O) groups excluding carboxylic acids is 2. The largest absolute Gasteiger partial charge is 0.355 e. The Hall–Kier alpha value is -1.67. The topological polar surface area (TPSA) is 61.4 Å². The van der Waals surface area contributed by atoms with Gasteiger partial charge in [-0.2, -0.15) is 8.78 Å². The predicted molar refractivity (Wildman–Crippen MR) is 87.7 cm³/mol. The first-order valence-corrected chi connectivity index (χ1v) is 8.16. The minimum Gasteiger partial charge on any atom is -0.355 e. The fourth-order valence-electron chi connectivity index (χ4n) is 1.86. The Balaban J connectivity index is 2.49. The summed E-state index contributed by atoms with van der Waals surface area (Å²) >= 11 is 0.453. The summed E-state index contributed by atoms with van der Waals surface area (Å²) in [6.45, 7) is 5.04. The smallest absolute Gasteiger partial charge is 0.288 e. The average Bonchev–Trinajstić information content (AvgIpc) is 2.48. The van der Waals surface area contributed by atoms with Gasteiger partial charge in [0.05, 0.1) is 13.1 Å². The molecule has 0 saturated heterocycles. The number of rotatable bonds is 9. The molecule has 1 rings (SSSR count). The molecule has 0 bridgehead atoms. The first-order chi connectivity index (χ1) is 10.9. The fourth-order valence-corrected chi connectivity index (χ4v) is 2.36. The molecule has 0 aliphatic rings. The van der Waals surface area contributed by atoms with E-state index in [9.17, 15) is 18.4 Å². The molecule has 0 heterocycles. The highest BCUT2D eigenvalue weighted by Gasteiger charge is 2.13. The molecule has 1 aromatic rings. The van der Waals surface area contributed by atoms with E-state index < -0.39 is 5.76 Å². The molecule has 0 aliphatic carbocycles. The number of nitrogens with one attached hydrogen (secondary N) is 2. The van der Waals surface area contributed by atoms with Gasteiger partial charge >= 0.3 is 0 Å². The summed E-state index contributed by atoms with van der Waals surface area (Å²) in [4.78, 5) is 25.6. The van der Waals surface area contributed by atoms with Gasteiger partial charge in [-0.25, -0.2) is 0 Å². The highest BCUT2D eigenvalue weighted by molar-refractivity contribution is 7.99. The van der Waals surface area contributed by atoms with Gasteiger partial charge in [0.15, 0.2) is 0 Å². The molecule has 0 atom stereocenters. The highest BCUT2D eigenvalue weighted by atomic mass is 32.2. The van der Waals surface area contributed by atoms with Gasteiger partial charge in [0.1, 0.15) is 0 Å². The molecule has 0 radical (unpaired) electrons. The monoisotopic (exact) mass is 345 g/mol. The van der Waals surface area contributed by atoms with Gasteiger partial charge in [-0.1, -0.05) is 18.7 Å². The molecule has 1 aromatic carbocycles. The number of likely N-dealkylation sites (N-methyl/N-ethyl adjacent to an activating group) is 2. The normalized spacial score (nSPS) is 10.9. The molecule has 5 nitrogen and oxygen atoms in total. The van der Waals surface area contributed by atoms with Crippen LogP contribution in [0.3, 0.4) is 0 Å². The van der Waals surface area contributed by atoms with Crippen LogP contribution in [0.1, 0.15) is 13.8 Å². The zero-order valence-corrected chi connectivity index (χ0v) is 14.0. The molecule has 0 saturated carbocycles. The minimum absolute atomic E-state index is 0.0845. The quantitative estimate of drug-likeness (QED) is 0.675. The van der Waals surface area contributed by atoms with Crippen LogP contribution in [-0.2, 0) is 9.59 Å². The van der Waals surface area contributed by atoms with E-state index in [0.29, 0.717) is 35.4 Å². The molecular weight excluding hydrogens is 324 g/mol. The van der Waals surface area contributed by atoms with E-state index in [-0.39, 0.29) is 24.9 Å². The molecule has 8 heteroatoms. The molecule has 2 amide bonds. The molecule has 2 N–H and O–H groups in total. The number of anilines is 1. The van der Waals surface area contributed by atoms with E-state index in [0.717, 1.165) is 0 Å². The third kappa shape index (κ3) is 7.94. The number of halogens is 2. The van der Waals surface area contributed by atoms with E-state index in [2.05, 4.69) is 10.6 Å². The summed E-state index contributed by atoms with van der Waals surface area (Å²) in [6, 6.07) is 6.20. The van der Waals surface area contributed by atoms with E-state index in [1.807, 2.05) is 13.8 Å². The SMILES string of the molecule is CCNC(=O)CN(CC)CC(=O)Nc1ccc(SC(F)F)cc1. The second-order valence-electron chi connectivity index (χ2n) is 4.71. The Morgan fingerprint density at radius 2 is 1.74 bits per heavy atom. The van der Waals surface area contributed by atoms with Crippen molar-refractivity contribution < 1.29 is 18.4 Å². The van der Waals surface area contributed by atoms with Crippen molar-refractivity contribution >= 4 is 29.3 Å². The standard InChI is InChI=1S/C15H21F2N3O2S/c1-3-18-13(21)9-20(4-2)10-14(22)19-11-5-7-12(8-6-11)23-15(16)17/h5-8,15H,3-4,9-10H2,1-2H3,(H,18,21)(H,19,22).